The fourth-order valence-electron chi connectivity index (χ4n) is 1.87. The van der Waals surface area contributed by atoms with Gasteiger partial charge in [0.05, 0.1) is 32.5 Å². The smallest absolute Gasteiger partial charge is 0.0700 e. The van der Waals surface area contributed by atoms with Crippen molar-refractivity contribution in [2.75, 3.05) is 46.6 Å². The van der Waals surface area contributed by atoms with Crippen molar-refractivity contribution in [1.82, 2.24) is 5.32 Å². The molecular formula is C12H25NO3. The molecule has 0 bridgehead atoms. The van der Waals surface area contributed by atoms with Gasteiger partial charge in [-0.05, 0) is 12.8 Å². The SMILES string of the molecule is COCCOCCNCCOC1CCCC1. The van der Waals surface area contributed by atoms with Gasteiger partial charge in [-0.15, -0.1) is 0 Å². The van der Waals surface area contributed by atoms with E-state index in [1.54, 1.807) is 7.11 Å². The van der Waals surface area contributed by atoms with Gasteiger partial charge in [0.2, 0.25) is 0 Å². The van der Waals surface area contributed by atoms with E-state index in [1.165, 1.54) is 25.7 Å². The third-order valence-corrected chi connectivity index (χ3v) is 2.79. The summed E-state index contributed by atoms with van der Waals surface area (Å²) >= 11 is 0. The van der Waals surface area contributed by atoms with Crippen molar-refractivity contribution in [2.24, 2.45) is 0 Å². The van der Waals surface area contributed by atoms with Crippen molar-refractivity contribution >= 4 is 0 Å². The summed E-state index contributed by atoms with van der Waals surface area (Å²) in [5, 5.41) is 3.30. The molecule has 0 saturated heterocycles. The van der Waals surface area contributed by atoms with E-state index in [1.807, 2.05) is 0 Å². The van der Waals surface area contributed by atoms with E-state index >= 15 is 0 Å². The van der Waals surface area contributed by atoms with Gasteiger partial charge in [-0.1, -0.05) is 12.8 Å². The monoisotopic (exact) mass is 231 g/mol. The average molecular weight is 231 g/mol. The minimum atomic E-state index is 0.528. The Morgan fingerprint density at radius 3 is 2.50 bits per heavy atom. The first-order valence-corrected chi connectivity index (χ1v) is 6.32. The van der Waals surface area contributed by atoms with Gasteiger partial charge in [-0.2, -0.15) is 0 Å². The molecule has 96 valence electrons. The lowest BCUT2D eigenvalue weighted by Crippen LogP contribution is -2.26. The van der Waals surface area contributed by atoms with Crippen LogP contribution in [-0.4, -0.2) is 52.7 Å². The van der Waals surface area contributed by atoms with Crippen LogP contribution in [0.1, 0.15) is 25.7 Å². The van der Waals surface area contributed by atoms with E-state index < -0.39 is 0 Å². The van der Waals surface area contributed by atoms with E-state index in [4.69, 9.17) is 14.2 Å². The van der Waals surface area contributed by atoms with Crippen LogP contribution in [0.5, 0.6) is 0 Å². The van der Waals surface area contributed by atoms with E-state index in [9.17, 15) is 0 Å². The zero-order valence-corrected chi connectivity index (χ0v) is 10.4. The number of ether oxygens (including phenoxy) is 3. The maximum Gasteiger partial charge on any atom is 0.0700 e. The van der Waals surface area contributed by atoms with Gasteiger partial charge in [0.25, 0.3) is 0 Å². The Morgan fingerprint density at radius 1 is 1.00 bits per heavy atom. The Hall–Kier alpha value is -0.160. The predicted octanol–water partition coefficient (Wildman–Crippen LogP) is 1.20. The van der Waals surface area contributed by atoms with Crippen LogP contribution in [-0.2, 0) is 14.2 Å². The third kappa shape index (κ3) is 7.17. The Labute approximate surface area is 98.6 Å². The van der Waals surface area contributed by atoms with Crippen molar-refractivity contribution in [2.45, 2.75) is 31.8 Å². The molecule has 1 fully saturated rings. The summed E-state index contributed by atoms with van der Waals surface area (Å²) in [6, 6.07) is 0. The van der Waals surface area contributed by atoms with Crippen molar-refractivity contribution in [3.63, 3.8) is 0 Å². The Bertz CT molecular complexity index is 149. The van der Waals surface area contributed by atoms with Crippen LogP contribution in [0.25, 0.3) is 0 Å². The summed E-state index contributed by atoms with van der Waals surface area (Å²) in [6.07, 6.45) is 5.71. The molecule has 0 aromatic carbocycles. The molecule has 0 aliphatic heterocycles. The summed E-state index contributed by atoms with van der Waals surface area (Å²) in [7, 11) is 1.68. The van der Waals surface area contributed by atoms with E-state index in [2.05, 4.69) is 5.32 Å². The Kier molecular flexibility index (Phi) is 8.71. The predicted molar refractivity (Wildman–Crippen MR) is 63.8 cm³/mol. The van der Waals surface area contributed by atoms with E-state index in [-0.39, 0.29) is 0 Å². The number of hydrogen-bond donors (Lipinski definition) is 1. The molecule has 1 N–H and O–H groups in total. The van der Waals surface area contributed by atoms with Crippen LogP contribution < -0.4 is 5.32 Å². The maximum absolute atomic E-state index is 5.72. The van der Waals surface area contributed by atoms with Crippen LogP contribution in [0.4, 0.5) is 0 Å². The fourth-order valence-corrected chi connectivity index (χ4v) is 1.87. The summed E-state index contributed by atoms with van der Waals surface area (Å²) < 4.78 is 15.9. The molecule has 0 aromatic rings. The summed E-state index contributed by atoms with van der Waals surface area (Å²) in [5.41, 5.74) is 0. The van der Waals surface area contributed by atoms with Gasteiger partial charge in [0.1, 0.15) is 0 Å². The molecule has 1 saturated carbocycles. The van der Waals surface area contributed by atoms with Crippen LogP contribution in [0.3, 0.4) is 0 Å². The zero-order chi connectivity index (χ0) is 11.5. The molecular weight excluding hydrogens is 206 g/mol. The van der Waals surface area contributed by atoms with E-state index in [0.29, 0.717) is 19.3 Å². The van der Waals surface area contributed by atoms with E-state index in [0.717, 1.165) is 26.3 Å². The lowest BCUT2D eigenvalue weighted by molar-refractivity contribution is 0.0551. The highest BCUT2D eigenvalue weighted by Gasteiger charge is 2.14. The molecule has 0 amide bonds. The molecule has 4 nitrogen and oxygen atoms in total. The van der Waals surface area contributed by atoms with Crippen LogP contribution in [0.15, 0.2) is 0 Å². The van der Waals surface area contributed by atoms with Gasteiger partial charge in [-0.3, -0.25) is 0 Å². The third-order valence-electron chi connectivity index (χ3n) is 2.79. The first-order chi connectivity index (χ1) is 7.93. The van der Waals surface area contributed by atoms with Gasteiger partial charge >= 0.3 is 0 Å². The fraction of sp³-hybridized carbons (Fsp3) is 1.00. The summed E-state index contributed by atoms with van der Waals surface area (Å²) in [4.78, 5) is 0. The molecule has 1 aliphatic rings. The van der Waals surface area contributed by atoms with Crippen molar-refractivity contribution in [3.05, 3.63) is 0 Å². The summed E-state index contributed by atoms with van der Waals surface area (Å²) in [6.45, 7) is 4.72. The van der Waals surface area contributed by atoms with Gasteiger partial charge in [-0.25, -0.2) is 0 Å². The normalized spacial score (nSPS) is 17.1. The molecule has 0 atom stereocenters. The number of methoxy groups -OCH3 is 1. The highest BCUT2D eigenvalue weighted by atomic mass is 16.5. The highest BCUT2D eigenvalue weighted by Crippen LogP contribution is 2.20. The molecule has 0 unspecified atom stereocenters. The Balaban J connectivity index is 1.71. The lowest BCUT2D eigenvalue weighted by atomic mass is 10.3. The highest BCUT2D eigenvalue weighted by molar-refractivity contribution is 4.66. The Morgan fingerprint density at radius 2 is 1.75 bits per heavy atom. The largest absolute Gasteiger partial charge is 0.382 e. The number of rotatable bonds is 10. The second-order valence-corrected chi connectivity index (χ2v) is 4.13. The number of hydrogen-bond acceptors (Lipinski definition) is 4. The quantitative estimate of drug-likeness (QED) is 0.573. The minimum Gasteiger partial charge on any atom is -0.382 e. The molecule has 4 heteroatoms. The summed E-state index contributed by atoms with van der Waals surface area (Å²) in [5.74, 6) is 0. The zero-order valence-electron chi connectivity index (χ0n) is 10.4. The van der Waals surface area contributed by atoms with Crippen LogP contribution in [0, 0.1) is 0 Å². The van der Waals surface area contributed by atoms with Crippen molar-refractivity contribution in [3.8, 4) is 0 Å². The number of nitrogens with one attached hydrogen (secondary N) is 1. The molecule has 16 heavy (non-hydrogen) atoms. The van der Waals surface area contributed by atoms with Gasteiger partial charge in [0, 0.05) is 20.2 Å². The second kappa shape index (κ2) is 10.0. The maximum atomic E-state index is 5.72. The van der Waals surface area contributed by atoms with Crippen molar-refractivity contribution < 1.29 is 14.2 Å². The molecule has 0 radical (unpaired) electrons. The molecule has 0 aromatic heterocycles. The molecule has 0 spiro atoms. The molecule has 1 aliphatic carbocycles. The lowest BCUT2D eigenvalue weighted by Gasteiger charge is -2.11. The first kappa shape index (κ1) is 13.9. The topological polar surface area (TPSA) is 39.7 Å². The first-order valence-electron chi connectivity index (χ1n) is 6.32. The second-order valence-electron chi connectivity index (χ2n) is 4.13. The van der Waals surface area contributed by atoms with Gasteiger partial charge in [0.15, 0.2) is 0 Å². The minimum absolute atomic E-state index is 0.528. The van der Waals surface area contributed by atoms with Gasteiger partial charge < -0.3 is 19.5 Å². The average Bonchev–Trinajstić information content (AvgIpc) is 2.80. The van der Waals surface area contributed by atoms with Crippen LogP contribution >= 0.6 is 0 Å². The van der Waals surface area contributed by atoms with Crippen LogP contribution in [0.2, 0.25) is 0 Å². The molecule has 0 heterocycles. The van der Waals surface area contributed by atoms with Crippen molar-refractivity contribution in [1.29, 1.82) is 0 Å². The standard InChI is InChI=1S/C12H25NO3/c1-14-10-11-15-8-6-13-7-9-16-12-4-2-3-5-12/h12-13H,2-11H2,1H3. The molecule has 1 rings (SSSR count).